The molecule has 1 fully saturated rings. The van der Waals surface area contributed by atoms with E-state index in [9.17, 15) is 4.79 Å². The lowest BCUT2D eigenvalue weighted by Crippen LogP contribution is -2.38. The van der Waals surface area contributed by atoms with Gasteiger partial charge in [-0.2, -0.15) is 0 Å². The molecule has 116 valence electrons. The predicted molar refractivity (Wildman–Crippen MR) is 87.4 cm³/mol. The van der Waals surface area contributed by atoms with Gasteiger partial charge < -0.3 is 9.64 Å². The number of likely N-dealkylation sites (tertiary alicyclic amines) is 1. The minimum absolute atomic E-state index is 0.0440. The fourth-order valence-corrected chi connectivity index (χ4v) is 3.31. The van der Waals surface area contributed by atoms with Crippen LogP contribution in [0.15, 0.2) is 0 Å². The van der Waals surface area contributed by atoms with Crippen LogP contribution in [0, 0.1) is 0 Å². The first-order valence-corrected chi connectivity index (χ1v) is 8.24. The number of rotatable bonds is 3. The average molecular weight is 392 g/mol. The number of carbonyl (C=O) groups excluding carboxylic acids is 1. The number of benzene rings is 1. The van der Waals surface area contributed by atoms with Crippen molar-refractivity contribution in [1.29, 1.82) is 0 Å². The van der Waals surface area contributed by atoms with Crippen molar-refractivity contribution >= 4 is 63.9 Å². The Bertz CT molecular complexity index is 529. The van der Waals surface area contributed by atoms with Crippen molar-refractivity contribution in [2.75, 3.05) is 19.7 Å². The van der Waals surface area contributed by atoms with Crippen molar-refractivity contribution < 1.29 is 9.53 Å². The van der Waals surface area contributed by atoms with E-state index < -0.39 is 0 Å². The van der Waals surface area contributed by atoms with E-state index in [2.05, 4.69) is 0 Å². The molecule has 1 aromatic carbocycles. The van der Waals surface area contributed by atoms with Crippen LogP contribution in [0.5, 0.6) is 5.75 Å². The van der Waals surface area contributed by atoms with Gasteiger partial charge in [0.2, 0.25) is 0 Å². The number of hydrogen-bond donors (Lipinski definition) is 0. The molecular weight excluding hydrogens is 379 g/mol. The Hall–Kier alpha value is -0.0600. The second-order valence-electron chi connectivity index (χ2n) is 4.63. The number of carbonyl (C=O) groups is 1. The molecular formula is C13H12Cl5NO2. The smallest absolute Gasteiger partial charge is 0.260 e. The maximum atomic E-state index is 12.1. The van der Waals surface area contributed by atoms with E-state index in [-0.39, 0.29) is 43.4 Å². The monoisotopic (exact) mass is 389 g/mol. The number of hydrogen-bond acceptors (Lipinski definition) is 2. The molecule has 1 aliphatic heterocycles. The Morgan fingerprint density at radius 1 is 0.857 bits per heavy atom. The number of nitrogens with zero attached hydrogens (tertiary/aromatic N) is 1. The van der Waals surface area contributed by atoms with Crippen molar-refractivity contribution in [3.63, 3.8) is 0 Å². The zero-order valence-corrected chi connectivity index (χ0v) is 14.7. The third-order valence-electron chi connectivity index (χ3n) is 3.22. The van der Waals surface area contributed by atoms with Crippen molar-refractivity contribution in [2.24, 2.45) is 0 Å². The van der Waals surface area contributed by atoms with Gasteiger partial charge in [0.05, 0.1) is 15.1 Å². The van der Waals surface area contributed by atoms with Crippen molar-refractivity contribution in [3.05, 3.63) is 25.1 Å². The van der Waals surface area contributed by atoms with E-state index in [0.717, 1.165) is 32.4 Å². The van der Waals surface area contributed by atoms with Crippen LogP contribution in [-0.2, 0) is 4.79 Å². The van der Waals surface area contributed by atoms with Crippen LogP contribution in [0.4, 0.5) is 0 Å². The number of amides is 1. The van der Waals surface area contributed by atoms with Gasteiger partial charge in [-0.3, -0.25) is 4.79 Å². The fraction of sp³-hybridized carbons (Fsp3) is 0.462. The molecule has 3 nitrogen and oxygen atoms in total. The molecule has 8 heteroatoms. The topological polar surface area (TPSA) is 29.5 Å². The average Bonchev–Trinajstić information content (AvgIpc) is 2.51. The highest BCUT2D eigenvalue weighted by molar-refractivity contribution is 6.55. The molecule has 0 N–H and O–H groups in total. The molecule has 0 aromatic heterocycles. The molecule has 0 radical (unpaired) electrons. The van der Waals surface area contributed by atoms with Crippen LogP contribution in [0.25, 0.3) is 0 Å². The maximum absolute atomic E-state index is 12.1. The highest BCUT2D eigenvalue weighted by Crippen LogP contribution is 2.48. The summed E-state index contributed by atoms with van der Waals surface area (Å²) in [4.78, 5) is 13.8. The summed E-state index contributed by atoms with van der Waals surface area (Å²) in [6.45, 7) is 1.31. The molecule has 1 heterocycles. The first-order valence-electron chi connectivity index (χ1n) is 6.35. The summed E-state index contributed by atoms with van der Waals surface area (Å²) in [7, 11) is 0. The van der Waals surface area contributed by atoms with E-state index in [1.165, 1.54) is 0 Å². The van der Waals surface area contributed by atoms with Gasteiger partial charge in [-0.25, -0.2) is 0 Å². The molecule has 0 bridgehead atoms. The summed E-state index contributed by atoms with van der Waals surface area (Å²) in [5, 5.41) is 0.245. The molecule has 0 atom stereocenters. The van der Waals surface area contributed by atoms with E-state index >= 15 is 0 Å². The lowest BCUT2D eigenvalue weighted by molar-refractivity contribution is -0.134. The quantitative estimate of drug-likeness (QED) is 0.514. The van der Waals surface area contributed by atoms with Crippen LogP contribution in [-0.4, -0.2) is 30.5 Å². The molecule has 1 aliphatic rings. The van der Waals surface area contributed by atoms with Gasteiger partial charge in [-0.15, -0.1) is 0 Å². The summed E-state index contributed by atoms with van der Waals surface area (Å²) in [6.07, 6.45) is 3.16. The first kappa shape index (κ1) is 17.3. The Balaban J connectivity index is 2.11. The van der Waals surface area contributed by atoms with Crippen molar-refractivity contribution in [2.45, 2.75) is 19.3 Å². The van der Waals surface area contributed by atoms with Crippen LogP contribution in [0.2, 0.25) is 25.1 Å². The standard InChI is InChI=1S/C13H12Cl5NO2/c14-8-9(15)11(17)13(12(18)10(8)16)21-6-7(20)19-4-2-1-3-5-19/h1-6H2. The second-order valence-corrected chi connectivity index (χ2v) is 6.52. The van der Waals surface area contributed by atoms with Gasteiger partial charge in [-0.05, 0) is 19.3 Å². The highest BCUT2D eigenvalue weighted by Gasteiger charge is 2.22. The fourth-order valence-electron chi connectivity index (χ4n) is 2.08. The third kappa shape index (κ3) is 3.83. The minimum Gasteiger partial charge on any atom is -0.481 e. The third-order valence-corrected chi connectivity index (χ3v) is 5.46. The van der Waals surface area contributed by atoms with Gasteiger partial charge in [0, 0.05) is 13.1 Å². The lowest BCUT2D eigenvalue weighted by Gasteiger charge is -2.26. The summed E-state index contributed by atoms with van der Waals surface area (Å²) in [5.41, 5.74) is 0. The Kier molecular flexibility index (Phi) is 6.15. The highest BCUT2D eigenvalue weighted by atomic mass is 35.5. The molecule has 0 unspecified atom stereocenters. The van der Waals surface area contributed by atoms with Crippen LogP contribution in [0.3, 0.4) is 0 Å². The molecule has 1 amide bonds. The molecule has 0 spiro atoms. The normalized spacial score (nSPS) is 15.2. The molecule has 1 aromatic rings. The SMILES string of the molecule is O=C(COc1c(Cl)c(Cl)c(Cl)c(Cl)c1Cl)N1CCCCC1. The Labute approximate surface area is 148 Å². The Morgan fingerprint density at radius 3 is 1.86 bits per heavy atom. The van der Waals surface area contributed by atoms with E-state index in [1.807, 2.05) is 0 Å². The summed E-state index contributed by atoms with van der Waals surface area (Å²) in [5.74, 6) is -0.0490. The second kappa shape index (κ2) is 7.47. The van der Waals surface area contributed by atoms with Gasteiger partial charge in [0.1, 0.15) is 10.0 Å². The van der Waals surface area contributed by atoms with Crippen LogP contribution >= 0.6 is 58.0 Å². The van der Waals surface area contributed by atoms with Crippen LogP contribution < -0.4 is 4.74 Å². The van der Waals surface area contributed by atoms with E-state index in [0.29, 0.717) is 0 Å². The number of piperidine rings is 1. The molecule has 0 saturated carbocycles. The number of ether oxygens (including phenoxy) is 1. The van der Waals surface area contributed by atoms with Crippen molar-refractivity contribution in [1.82, 2.24) is 4.90 Å². The van der Waals surface area contributed by atoms with E-state index in [1.54, 1.807) is 4.90 Å². The molecule has 0 aliphatic carbocycles. The number of halogens is 5. The predicted octanol–water partition coefficient (Wildman–Crippen LogP) is 5.34. The van der Waals surface area contributed by atoms with Crippen LogP contribution in [0.1, 0.15) is 19.3 Å². The van der Waals surface area contributed by atoms with Gasteiger partial charge in [-0.1, -0.05) is 58.0 Å². The van der Waals surface area contributed by atoms with Crippen molar-refractivity contribution in [3.8, 4) is 5.75 Å². The Morgan fingerprint density at radius 2 is 1.33 bits per heavy atom. The zero-order chi connectivity index (χ0) is 15.6. The molecule has 2 rings (SSSR count). The summed E-state index contributed by atoms with van der Waals surface area (Å²) < 4.78 is 5.42. The minimum atomic E-state index is -0.173. The summed E-state index contributed by atoms with van der Waals surface area (Å²) in [6, 6.07) is 0. The van der Waals surface area contributed by atoms with Gasteiger partial charge >= 0.3 is 0 Å². The first-order chi connectivity index (χ1) is 9.93. The lowest BCUT2D eigenvalue weighted by atomic mass is 10.1. The maximum Gasteiger partial charge on any atom is 0.260 e. The molecule has 21 heavy (non-hydrogen) atoms. The summed E-state index contributed by atoms with van der Waals surface area (Å²) >= 11 is 29.8. The zero-order valence-electron chi connectivity index (χ0n) is 10.9. The molecule has 1 saturated heterocycles. The van der Waals surface area contributed by atoms with Gasteiger partial charge in [0.15, 0.2) is 12.4 Å². The van der Waals surface area contributed by atoms with Gasteiger partial charge in [0.25, 0.3) is 5.91 Å². The largest absolute Gasteiger partial charge is 0.481 e. The van der Waals surface area contributed by atoms with E-state index in [4.69, 9.17) is 62.7 Å².